The van der Waals surface area contributed by atoms with Crippen LogP contribution in [0.4, 0.5) is 0 Å². The molecule has 2 aromatic rings. The number of benzene rings is 2. The predicted molar refractivity (Wildman–Crippen MR) is 157 cm³/mol. The quantitative estimate of drug-likeness (QED) is 0.380. The molecule has 0 saturated heterocycles. The van der Waals surface area contributed by atoms with Crippen molar-refractivity contribution in [2.75, 3.05) is 0 Å². The molecule has 0 radical (unpaired) electrons. The lowest BCUT2D eigenvalue weighted by Crippen LogP contribution is -2.48. The summed E-state index contributed by atoms with van der Waals surface area (Å²) in [6.45, 7) is 19.3. The second-order valence-corrected chi connectivity index (χ2v) is 18.2. The first kappa shape index (κ1) is 25.0. The number of ether oxygens (including phenoxy) is 2. The SMILES string of the molecule is CC1=C(c2ccccc2C)C2CC(C)C([Si](C)(C)C3C(C)CC4C(c5ccccc5C)=C(C)OC43)C2O1. The fraction of sp³-hybridized carbons (Fsp3) is 0.529. The second kappa shape index (κ2) is 8.90. The van der Waals surface area contributed by atoms with Gasteiger partial charge in [-0.2, -0.15) is 0 Å². The van der Waals surface area contributed by atoms with Gasteiger partial charge < -0.3 is 9.47 Å². The van der Waals surface area contributed by atoms with Crippen LogP contribution in [0.25, 0.3) is 11.1 Å². The Labute approximate surface area is 225 Å². The molecule has 6 rings (SSSR count). The molecule has 2 fully saturated rings. The summed E-state index contributed by atoms with van der Waals surface area (Å²) in [5.74, 6) is 4.74. The van der Waals surface area contributed by atoms with E-state index in [1.165, 1.54) is 57.8 Å². The summed E-state index contributed by atoms with van der Waals surface area (Å²) in [6, 6.07) is 17.8. The Hall–Kier alpha value is -2.26. The van der Waals surface area contributed by atoms with Crippen molar-refractivity contribution in [1.29, 1.82) is 0 Å². The van der Waals surface area contributed by atoms with Gasteiger partial charge in [-0.05, 0) is 85.7 Å². The molecule has 0 aromatic heterocycles. The van der Waals surface area contributed by atoms with Gasteiger partial charge in [-0.25, -0.2) is 0 Å². The molecule has 2 aromatic carbocycles. The van der Waals surface area contributed by atoms with Crippen molar-refractivity contribution in [1.82, 2.24) is 0 Å². The first-order chi connectivity index (χ1) is 17.6. The third-order valence-electron chi connectivity index (χ3n) is 10.7. The maximum atomic E-state index is 6.87. The number of rotatable bonds is 4. The molecule has 37 heavy (non-hydrogen) atoms. The van der Waals surface area contributed by atoms with Crippen LogP contribution in [0, 0.1) is 37.5 Å². The van der Waals surface area contributed by atoms with E-state index in [4.69, 9.17) is 9.47 Å². The van der Waals surface area contributed by atoms with Crippen LogP contribution in [0.2, 0.25) is 24.2 Å². The summed E-state index contributed by atoms with van der Waals surface area (Å²) in [4.78, 5) is 0. The van der Waals surface area contributed by atoms with Crippen LogP contribution >= 0.6 is 0 Å². The normalized spacial score (nSPS) is 35.0. The van der Waals surface area contributed by atoms with E-state index in [-0.39, 0.29) is 0 Å². The molecular formula is C34H44O2Si. The smallest absolute Gasteiger partial charge is 0.106 e. The molecule has 0 N–H and O–H groups in total. The highest BCUT2D eigenvalue weighted by Crippen LogP contribution is 2.64. The Morgan fingerprint density at radius 2 is 1.00 bits per heavy atom. The highest BCUT2D eigenvalue weighted by atomic mass is 28.3. The zero-order valence-corrected chi connectivity index (χ0v) is 25.0. The average molecular weight is 513 g/mol. The van der Waals surface area contributed by atoms with Gasteiger partial charge in [0.1, 0.15) is 12.2 Å². The van der Waals surface area contributed by atoms with Gasteiger partial charge in [0, 0.05) is 23.0 Å². The summed E-state index contributed by atoms with van der Waals surface area (Å²) in [6.07, 6.45) is 3.14. The largest absolute Gasteiger partial charge is 0.494 e. The van der Waals surface area contributed by atoms with Gasteiger partial charge in [0.15, 0.2) is 0 Å². The minimum absolute atomic E-state index is 0.323. The molecule has 0 spiro atoms. The van der Waals surface area contributed by atoms with Gasteiger partial charge in [-0.3, -0.25) is 0 Å². The molecule has 0 bridgehead atoms. The number of aryl methyl sites for hydroxylation is 2. The molecule has 0 amide bonds. The minimum atomic E-state index is -1.79. The Bertz CT molecular complexity index is 1190. The zero-order valence-electron chi connectivity index (χ0n) is 24.0. The van der Waals surface area contributed by atoms with Crippen molar-refractivity contribution in [3.05, 3.63) is 82.3 Å². The monoisotopic (exact) mass is 512 g/mol. The van der Waals surface area contributed by atoms with Gasteiger partial charge in [0.25, 0.3) is 0 Å². The number of hydrogen-bond acceptors (Lipinski definition) is 2. The third-order valence-corrected chi connectivity index (χ3v) is 15.9. The minimum Gasteiger partial charge on any atom is -0.494 e. The van der Waals surface area contributed by atoms with E-state index in [1.807, 2.05) is 0 Å². The van der Waals surface area contributed by atoms with Crippen LogP contribution in [0.1, 0.15) is 62.8 Å². The standard InChI is InChI=1S/C34H44O2Si/c1-19-13-9-11-15-25(19)29-23(5)35-31-27(29)17-21(3)33(31)37(7,8)34-22(4)18-28-30(24(6)36-32(28)34)26-16-12-10-14-20(26)2/h9-16,21-22,27-28,31-34H,17-18H2,1-8H3. The highest BCUT2D eigenvalue weighted by Gasteiger charge is 2.62. The molecule has 8 atom stereocenters. The topological polar surface area (TPSA) is 18.5 Å². The van der Waals surface area contributed by atoms with Crippen LogP contribution in [-0.4, -0.2) is 20.3 Å². The number of hydrogen-bond donors (Lipinski definition) is 0. The highest BCUT2D eigenvalue weighted by molar-refractivity contribution is 6.80. The van der Waals surface area contributed by atoms with E-state index >= 15 is 0 Å². The summed E-state index contributed by atoms with van der Waals surface area (Å²) in [5, 5.41) is 0. The summed E-state index contributed by atoms with van der Waals surface area (Å²) in [7, 11) is -1.79. The van der Waals surface area contributed by atoms with E-state index in [2.05, 4.69) is 103 Å². The van der Waals surface area contributed by atoms with Crippen LogP contribution in [0.5, 0.6) is 0 Å². The van der Waals surface area contributed by atoms with Crippen molar-refractivity contribution >= 4 is 19.2 Å². The Kier molecular flexibility index (Phi) is 6.02. The summed E-state index contributed by atoms with van der Waals surface area (Å²) < 4.78 is 13.7. The summed E-state index contributed by atoms with van der Waals surface area (Å²) in [5.41, 5.74) is 9.79. The van der Waals surface area contributed by atoms with Crippen LogP contribution in [-0.2, 0) is 9.47 Å². The van der Waals surface area contributed by atoms with E-state index in [0.29, 0.717) is 47.0 Å². The molecule has 8 unspecified atom stereocenters. The molecule has 3 heteroatoms. The second-order valence-electron chi connectivity index (χ2n) is 13.2. The lowest BCUT2D eigenvalue weighted by Gasteiger charge is -2.44. The van der Waals surface area contributed by atoms with Crippen molar-refractivity contribution in [3.63, 3.8) is 0 Å². The van der Waals surface area contributed by atoms with Gasteiger partial charge in [-0.15, -0.1) is 0 Å². The lowest BCUT2D eigenvalue weighted by molar-refractivity contribution is 0.113. The van der Waals surface area contributed by atoms with Crippen molar-refractivity contribution < 1.29 is 9.47 Å². The van der Waals surface area contributed by atoms with Crippen molar-refractivity contribution in [2.24, 2.45) is 23.7 Å². The molecular weight excluding hydrogens is 468 g/mol. The van der Waals surface area contributed by atoms with E-state index in [9.17, 15) is 0 Å². The molecule has 4 aliphatic rings. The first-order valence-electron chi connectivity index (χ1n) is 14.5. The third kappa shape index (κ3) is 3.71. The van der Waals surface area contributed by atoms with Crippen molar-refractivity contribution in [3.8, 4) is 0 Å². The van der Waals surface area contributed by atoms with Crippen LogP contribution in [0.15, 0.2) is 60.0 Å². The molecule has 2 saturated carbocycles. The van der Waals surface area contributed by atoms with Gasteiger partial charge in [0.05, 0.1) is 19.6 Å². The fourth-order valence-electron chi connectivity index (χ4n) is 9.51. The maximum Gasteiger partial charge on any atom is 0.106 e. The van der Waals surface area contributed by atoms with Gasteiger partial charge >= 0.3 is 0 Å². The molecule has 196 valence electrons. The average Bonchev–Trinajstić information content (AvgIpc) is 3.51. The van der Waals surface area contributed by atoms with Crippen molar-refractivity contribution in [2.45, 2.75) is 90.8 Å². The Morgan fingerprint density at radius 3 is 1.38 bits per heavy atom. The van der Waals surface area contributed by atoms with Gasteiger partial charge in [-0.1, -0.05) is 75.5 Å². The molecule has 2 nitrogen and oxygen atoms in total. The maximum absolute atomic E-state index is 6.87. The summed E-state index contributed by atoms with van der Waals surface area (Å²) >= 11 is 0. The number of fused-ring (bicyclic) bond motifs is 2. The Morgan fingerprint density at radius 1 is 0.622 bits per heavy atom. The molecule has 2 heterocycles. The lowest BCUT2D eigenvalue weighted by atomic mass is 9.88. The fourth-order valence-corrected chi connectivity index (χ4v) is 15.5. The van der Waals surface area contributed by atoms with Gasteiger partial charge in [0.2, 0.25) is 0 Å². The molecule has 2 aliphatic carbocycles. The van der Waals surface area contributed by atoms with E-state index in [1.54, 1.807) is 0 Å². The molecule has 2 aliphatic heterocycles. The van der Waals surface area contributed by atoms with E-state index < -0.39 is 8.07 Å². The number of allylic oxidation sites excluding steroid dienone is 2. The first-order valence-corrected chi connectivity index (χ1v) is 17.6. The Balaban J connectivity index is 1.31. The predicted octanol–water partition coefficient (Wildman–Crippen LogP) is 9.02. The van der Waals surface area contributed by atoms with Crippen LogP contribution in [0.3, 0.4) is 0 Å². The van der Waals surface area contributed by atoms with Crippen LogP contribution < -0.4 is 0 Å². The van der Waals surface area contributed by atoms with E-state index in [0.717, 1.165) is 0 Å². The zero-order chi connectivity index (χ0) is 26.2.